The first-order chi connectivity index (χ1) is 9.83. The van der Waals surface area contributed by atoms with E-state index in [9.17, 15) is 18.5 Å². The van der Waals surface area contributed by atoms with Crippen LogP contribution in [0.1, 0.15) is 5.76 Å². The summed E-state index contributed by atoms with van der Waals surface area (Å²) in [5.41, 5.74) is 1.80. The molecule has 0 aliphatic heterocycles. The molecule has 2 aromatic rings. The van der Waals surface area contributed by atoms with E-state index in [4.69, 9.17) is 10.4 Å². The smallest absolute Gasteiger partial charge is 0.291 e. The monoisotopic (exact) mass is 313 g/mol. The molecule has 112 valence electrons. The minimum atomic E-state index is -4.18. The highest BCUT2D eigenvalue weighted by Crippen LogP contribution is 2.28. The predicted molar refractivity (Wildman–Crippen MR) is 73.0 cm³/mol. The summed E-state index contributed by atoms with van der Waals surface area (Å²) in [6, 6.07) is 4.74. The summed E-state index contributed by atoms with van der Waals surface area (Å²) in [6.07, 6.45) is 0. The van der Waals surface area contributed by atoms with Crippen LogP contribution in [0.15, 0.2) is 33.7 Å². The molecular formula is C10H11N5O5S. The number of nitrogen functional groups attached to an aromatic ring is 1. The molecule has 21 heavy (non-hydrogen) atoms. The SMILES string of the molecule is Cc1cc(NS(=O)(=O)c2ccc(NN)cc2[N+](=O)[O-])no1. The Labute approximate surface area is 119 Å². The summed E-state index contributed by atoms with van der Waals surface area (Å²) < 4.78 is 31.2. The van der Waals surface area contributed by atoms with Crippen molar-refractivity contribution in [1.82, 2.24) is 5.16 Å². The molecule has 0 unspecified atom stereocenters. The van der Waals surface area contributed by atoms with Gasteiger partial charge in [-0.2, -0.15) is 0 Å². The lowest BCUT2D eigenvalue weighted by molar-refractivity contribution is -0.387. The Morgan fingerprint density at radius 2 is 2.10 bits per heavy atom. The fraction of sp³-hybridized carbons (Fsp3) is 0.100. The van der Waals surface area contributed by atoms with Crippen LogP contribution in [-0.2, 0) is 10.0 Å². The number of hydrogen-bond donors (Lipinski definition) is 3. The van der Waals surface area contributed by atoms with Gasteiger partial charge in [-0.3, -0.25) is 20.7 Å². The third-order valence-electron chi connectivity index (χ3n) is 2.48. The Morgan fingerprint density at radius 1 is 1.38 bits per heavy atom. The van der Waals surface area contributed by atoms with Crippen LogP contribution in [0.4, 0.5) is 17.2 Å². The summed E-state index contributed by atoms with van der Waals surface area (Å²) >= 11 is 0. The van der Waals surface area contributed by atoms with E-state index in [1.165, 1.54) is 12.1 Å². The van der Waals surface area contributed by atoms with E-state index in [-0.39, 0.29) is 11.5 Å². The van der Waals surface area contributed by atoms with Gasteiger partial charge in [-0.1, -0.05) is 5.16 Å². The Kier molecular flexibility index (Phi) is 3.78. The highest BCUT2D eigenvalue weighted by atomic mass is 32.2. The van der Waals surface area contributed by atoms with Crippen LogP contribution < -0.4 is 16.0 Å². The molecule has 4 N–H and O–H groups in total. The first-order valence-electron chi connectivity index (χ1n) is 5.54. The number of hydrazine groups is 1. The number of aryl methyl sites for hydroxylation is 1. The molecule has 0 saturated heterocycles. The average molecular weight is 313 g/mol. The molecule has 1 aromatic heterocycles. The van der Waals surface area contributed by atoms with Gasteiger partial charge in [-0.05, 0) is 19.1 Å². The van der Waals surface area contributed by atoms with Crippen LogP contribution in [0.5, 0.6) is 0 Å². The second-order valence-corrected chi connectivity index (χ2v) is 5.66. The number of sulfonamides is 1. The number of nitrogens with two attached hydrogens (primary N) is 1. The topological polar surface area (TPSA) is 153 Å². The third-order valence-corrected chi connectivity index (χ3v) is 3.88. The molecule has 10 nitrogen and oxygen atoms in total. The van der Waals surface area contributed by atoms with Crippen molar-refractivity contribution < 1.29 is 17.9 Å². The van der Waals surface area contributed by atoms with Crippen LogP contribution in [-0.4, -0.2) is 18.5 Å². The second kappa shape index (κ2) is 5.38. The van der Waals surface area contributed by atoms with Crippen molar-refractivity contribution in [3.8, 4) is 0 Å². The number of nitro groups is 1. The first-order valence-corrected chi connectivity index (χ1v) is 7.03. The molecule has 2 rings (SSSR count). The van der Waals surface area contributed by atoms with E-state index in [0.717, 1.165) is 12.1 Å². The van der Waals surface area contributed by atoms with E-state index in [1.807, 2.05) is 0 Å². The van der Waals surface area contributed by atoms with Crippen LogP contribution in [0.25, 0.3) is 0 Å². The molecule has 0 bridgehead atoms. The Balaban J connectivity index is 2.46. The van der Waals surface area contributed by atoms with Crippen LogP contribution in [0.2, 0.25) is 0 Å². The summed E-state index contributed by atoms with van der Waals surface area (Å²) in [6.45, 7) is 1.58. The zero-order chi connectivity index (χ0) is 15.6. The maximum Gasteiger partial charge on any atom is 0.291 e. The number of nitrogens with one attached hydrogen (secondary N) is 2. The fourth-order valence-electron chi connectivity index (χ4n) is 1.58. The van der Waals surface area contributed by atoms with E-state index in [0.29, 0.717) is 5.76 Å². The van der Waals surface area contributed by atoms with E-state index >= 15 is 0 Å². The molecule has 0 fully saturated rings. The number of anilines is 2. The maximum absolute atomic E-state index is 12.2. The first kappa shape index (κ1) is 14.7. The van der Waals surface area contributed by atoms with Crippen molar-refractivity contribution in [3.05, 3.63) is 40.1 Å². The van der Waals surface area contributed by atoms with E-state index < -0.39 is 25.5 Å². The van der Waals surface area contributed by atoms with Gasteiger partial charge in [0.1, 0.15) is 5.76 Å². The fourth-order valence-corrected chi connectivity index (χ4v) is 2.72. The van der Waals surface area contributed by atoms with Crippen molar-refractivity contribution in [3.63, 3.8) is 0 Å². The van der Waals surface area contributed by atoms with Crippen molar-refractivity contribution in [2.75, 3.05) is 10.1 Å². The largest absolute Gasteiger partial charge is 0.360 e. The zero-order valence-electron chi connectivity index (χ0n) is 10.7. The highest BCUT2D eigenvalue weighted by Gasteiger charge is 2.27. The molecule has 0 aliphatic rings. The lowest BCUT2D eigenvalue weighted by atomic mass is 10.3. The summed E-state index contributed by atoms with van der Waals surface area (Å²) in [5.74, 6) is 5.47. The van der Waals surface area contributed by atoms with E-state index in [1.54, 1.807) is 6.92 Å². The normalized spacial score (nSPS) is 11.1. The summed E-state index contributed by atoms with van der Waals surface area (Å²) in [5, 5.41) is 14.5. The predicted octanol–water partition coefficient (Wildman–Crippen LogP) is 0.978. The van der Waals surface area contributed by atoms with Gasteiger partial charge >= 0.3 is 0 Å². The van der Waals surface area contributed by atoms with Gasteiger partial charge < -0.3 is 9.95 Å². The van der Waals surface area contributed by atoms with Crippen LogP contribution in [0.3, 0.4) is 0 Å². The number of nitrogens with zero attached hydrogens (tertiary/aromatic N) is 2. The Bertz CT molecular complexity index is 785. The molecule has 0 spiro atoms. The zero-order valence-corrected chi connectivity index (χ0v) is 11.5. The second-order valence-electron chi connectivity index (χ2n) is 4.01. The minimum Gasteiger partial charge on any atom is -0.360 e. The van der Waals surface area contributed by atoms with Gasteiger partial charge in [0.05, 0.1) is 10.6 Å². The lowest BCUT2D eigenvalue weighted by Crippen LogP contribution is -2.15. The number of hydrogen-bond acceptors (Lipinski definition) is 8. The quantitative estimate of drug-likeness (QED) is 0.419. The maximum atomic E-state index is 12.2. The number of benzene rings is 1. The van der Waals surface area contributed by atoms with Crippen LogP contribution >= 0.6 is 0 Å². The van der Waals surface area contributed by atoms with E-state index in [2.05, 4.69) is 15.3 Å². The molecule has 0 saturated carbocycles. The van der Waals surface area contributed by atoms with Gasteiger partial charge in [0, 0.05) is 12.1 Å². The van der Waals surface area contributed by atoms with Crippen LogP contribution in [0, 0.1) is 17.0 Å². The van der Waals surface area contributed by atoms with Crippen molar-refractivity contribution in [2.24, 2.45) is 5.84 Å². The summed E-state index contributed by atoms with van der Waals surface area (Å²) in [4.78, 5) is 9.68. The molecule has 1 aromatic carbocycles. The van der Waals surface area contributed by atoms with Gasteiger partial charge in [-0.15, -0.1) is 0 Å². The molecule has 0 aliphatic carbocycles. The molecular weight excluding hydrogens is 302 g/mol. The molecule has 0 amide bonds. The van der Waals surface area contributed by atoms with Gasteiger partial charge in [0.15, 0.2) is 10.7 Å². The van der Waals surface area contributed by atoms with Crippen molar-refractivity contribution >= 4 is 27.2 Å². The molecule has 0 radical (unpaired) electrons. The lowest BCUT2D eigenvalue weighted by Gasteiger charge is -2.07. The number of aromatic nitrogens is 1. The Hall–Kier alpha value is -2.66. The molecule has 11 heteroatoms. The number of rotatable bonds is 5. The highest BCUT2D eigenvalue weighted by molar-refractivity contribution is 7.92. The average Bonchev–Trinajstić information content (AvgIpc) is 2.82. The molecule has 0 atom stereocenters. The van der Waals surface area contributed by atoms with Crippen molar-refractivity contribution in [1.29, 1.82) is 0 Å². The minimum absolute atomic E-state index is 0.0668. The molecule has 1 heterocycles. The number of nitro benzene ring substituents is 1. The third kappa shape index (κ3) is 3.09. The Morgan fingerprint density at radius 3 is 2.62 bits per heavy atom. The van der Waals surface area contributed by atoms with Gasteiger partial charge in [0.25, 0.3) is 15.7 Å². The van der Waals surface area contributed by atoms with Gasteiger partial charge in [0.2, 0.25) is 0 Å². The standard InChI is InChI=1S/C10H11N5O5S/c1-6-4-10(13-20-6)14-21(18,19)9-3-2-7(12-11)5-8(9)15(16)17/h2-5,12H,11H2,1H3,(H,13,14). The van der Waals surface area contributed by atoms with Gasteiger partial charge in [-0.25, -0.2) is 8.42 Å². The van der Waals surface area contributed by atoms with Crippen molar-refractivity contribution in [2.45, 2.75) is 11.8 Å². The summed E-state index contributed by atoms with van der Waals surface area (Å²) in [7, 11) is -4.18.